The van der Waals surface area contributed by atoms with E-state index >= 15 is 0 Å². The predicted octanol–water partition coefficient (Wildman–Crippen LogP) is 2.33. The number of alkyl carbamates (subject to hydrolysis) is 1. The Morgan fingerprint density at radius 1 is 1.09 bits per heavy atom. The summed E-state index contributed by atoms with van der Waals surface area (Å²) in [6, 6.07) is 18.5. The van der Waals surface area contributed by atoms with Crippen LogP contribution < -0.4 is 10.2 Å². The van der Waals surface area contributed by atoms with Gasteiger partial charge in [-0.1, -0.05) is 48.5 Å². The zero-order valence-corrected chi connectivity index (χ0v) is 11.9. The van der Waals surface area contributed by atoms with Crippen molar-refractivity contribution in [1.82, 2.24) is 5.32 Å². The van der Waals surface area contributed by atoms with Crippen LogP contribution in [0.5, 0.6) is 0 Å². The van der Waals surface area contributed by atoms with E-state index in [1.165, 1.54) is 0 Å². The van der Waals surface area contributed by atoms with Crippen LogP contribution in [0.4, 0.5) is 10.5 Å². The standard InChI is InChI=1S/C17H16N2O3/c20-16(15-12-22-17(21)18-15)19(14-9-5-2-6-10-14)11-13-7-3-1-4-8-13/h1-10,15H,11-12H2,(H,18,21). The monoisotopic (exact) mass is 296 g/mol. The molecule has 0 aliphatic carbocycles. The fourth-order valence-electron chi connectivity index (χ4n) is 2.38. The van der Waals surface area contributed by atoms with Gasteiger partial charge in [-0.2, -0.15) is 0 Å². The number of ether oxygens (including phenoxy) is 1. The van der Waals surface area contributed by atoms with Crippen molar-refractivity contribution in [3.05, 3.63) is 66.2 Å². The largest absolute Gasteiger partial charge is 0.447 e. The number of cyclic esters (lactones) is 1. The molecule has 0 saturated carbocycles. The van der Waals surface area contributed by atoms with Crippen LogP contribution >= 0.6 is 0 Å². The second-order valence-corrected chi connectivity index (χ2v) is 5.04. The molecule has 112 valence electrons. The van der Waals surface area contributed by atoms with Gasteiger partial charge in [0.05, 0.1) is 6.54 Å². The summed E-state index contributed by atoms with van der Waals surface area (Å²) in [5.74, 6) is -0.180. The van der Waals surface area contributed by atoms with Gasteiger partial charge >= 0.3 is 6.09 Å². The van der Waals surface area contributed by atoms with Gasteiger partial charge in [-0.05, 0) is 17.7 Å². The van der Waals surface area contributed by atoms with Gasteiger partial charge in [-0.25, -0.2) is 4.79 Å². The summed E-state index contributed by atoms with van der Waals surface area (Å²) < 4.78 is 4.83. The summed E-state index contributed by atoms with van der Waals surface area (Å²) >= 11 is 0. The molecular formula is C17H16N2O3. The summed E-state index contributed by atoms with van der Waals surface area (Å²) in [7, 11) is 0. The summed E-state index contributed by atoms with van der Waals surface area (Å²) in [5.41, 5.74) is 1.81. The molecule has 1 N–H and O–H groups in total. The topological polar surface area (TPSA) is 58.6 Å². The maximum Gasteiger partial charge on any atom is 0.407 e. The highest BCUT2D eigenvalue weighted by Gasteiger charge is 2.32. The van der Waals surface area contributed by atoms with E-state index in [2.05, 4.69) is 5.32 Å². The van der Waals surface area contributed by atoms with Crippen LogP contribution in [0.3, 0.4) is 0 Å². The Bertz CT molecular complexity index is 658. The first-order chi connectivity index (χ1) is 10.7. The lowest BCUT2D eigenvalue weighted by atomic mass is 10.1. The van der Waals surface area contributed by atoms with Crippen molar-refractivity contribution in [3.63, 3.8) is 0 Å². The molecule has 2 amide bonds. The molecule has 1 aliphatic heterocycles. The number of rotatable bonds is 4. The molecule has 3 rings (SSSR count). The number of nitrogens with zero attached hydrogens (tertiary/aromatic N) is 1. The van der Waals surface area contributed by atoms with E-state index in [9.17, 15) is 9.59 Å². The molecule has 0 aromatic heterocycles. The van der Waals surface area contributed by atoms with Gasteiger partial charge in [0.1, 0.15) is 12.6 Å². The smallest absolute Gasteiger partial charge is 0.407 e. The number of hydrogen-bond acceptors (Lipinski definition) is 3. The molecule has 2 aromatic rings. The number of benzene rings is 2. The summed E-state index contributed by atoms with van der Waals surface area (Å²) in [6.45, 7) is 0.506. The van der Waals surface area contributed by atoms with E-state index in [4.69, 9.17) is 4.74 Å². The third-order valence-corrected chi connectivity index (χ3v) is 3.49. The van der Waals surface area contributed by atoms with Crippen LogP contribution in [0, 0.1) is 0 Å². The van der Waals surface area contributed by atoms with Crippen molar-refractivity contribution in [2.24, 2.45) is 0 Å². The minimum absolute atomic E-state index is 0.0653. The fraction of sp³-hybridized carbons (Fsp3) is 0.176. The van der Waals surface area contributed by atoms with Gasteiger partial charge < -0.3 is 15.0 Å². The summed E-state index contributed by atoms with van der Waals surface area (Å²) in [4.78, 5) is 25.6. The van der Waals surface area contributed by atoms with Gasteiger partial charge in [-0.3, -0.25) is 4.79 Å². The molecule has 1 atom stereocenters. The molecule has 0 bridgehead atoms. The Morgan fingerprint density at radius 2 is 1.73 bits per heavy atom. The third-order valence-electron chi connectivity index (χ3n) is 3.49. The lowest BCUT2D eigenvalue weighted by molar-refractivity contribution is -0.120. The van der Waals surface area contributed by atoms with E-state index in [0.29, 0.717) is 6.54 Å². The van der Waals surface area contributed by atoms with Crippen molar-refractivity contribution in [3.8, 4) is 0 Å². The van der Waals surface area contributed by atoms with Gasteiger partial charge in [0.25, 0.3) is 5.91 Å². The molecule has 0 spiro atoms. The molecule has 1 fully saturated rings. The first-order valence-corrected chi connectivity index (χ1v) is 7.08. The maximum absolute atomic E-state index is 12.7. The first kappa shape index (κ1) is 14.1. The molecule has 1 heterocycles. The summed E-state index contributed by atoms with van der Waals surface area (Å²) in [6.07, 6.45) is -0.550. The van der Waals surface area contributed by atoms with Gasteiger partial charge in [0, 0.05) is 5.69 Å². The van der Waals surface area contributed by atoms with Gasteiger partial charge in [0.15, 0.2) is 0 Å². The number of amides is 2. The Kier molecular flexibility index (Phi) is 4.05. The van der Waals surface area contributed by atoms with Crippen LogP contribution in [0.25, 0.3) is 0 Å². The number of anilines is 1. The zero-order valence-electron chi connectivity index (χ0n) is 11.9. The lowest BCUT2D eigenvalue weighted by Crippen LogP contribution is -2.45. The van der Waals surface area contributed by atoms with Crippen molar-refractivity contribution in [1.29, 1.82) is 0 Å². The number of para-hydroxylation sites is 1. The van der Waals surface area contributed by atoms with Gasteiger partial charge in [0.2, 0.25) is 0 Å². The average Bonchev–Trinajstić information content (AvgIpc) is 3.00. The van der Waals surface area contributed by atoms with Crippen molar-refractivity contribution in [2.45, 2.75) is 12.6 Å². The summed E-state index contributed by atoms with van der Waals surface area (Å²) in [5, 5.41) is 2.54. The Hall–Kier alpha value is -2.82. The molecule has 22 heavy (non-hydrogen) atoms. The van der Waals surface area contributed by atoms with Crippen LogP contribution in [0.2, 0.25) is 0 Å². The predicted molar refractivity (Wildman–Crippen MR) is 82.3 cm³/mol. The highest BCUT2D eigenvalue weighted by Crippen LogP contribution is 2.19. The highest BCUT2D eigenvalue weighted by atomic mass is 16.6. The average molecular weight is 296 g/mol. The van der Waals surface area contributed by atoms with Gasteiger partial charge in [-0.15, -0.1) is 0 Å². The Labute approximate surface area is 128 Å². The quantitative estimate of drug-likeness (QED) is 0.942. The highest BCUT2D eigenvalue weighted by molar-refractivity contribution is 5.99. The number of hydrogen-bond donors (Lipinski definition) is 1. The zero-order chi connectivity index (χ0) is 15.4. The van der Waals surface area contributed by atoms with E-state index in [1.54, 1.807) is 4.90 Å². The van der Waals surface area contributed by atoms with E-state index in [1.807, 2.05) is 60.7 Å². The fourth-order valence-corrected chi connectivity index (χ4v) is 2.38. The minimum Gasteiger partial charge on any atom is -0.447 e. The molecule has 1 unspecified atom stereocenters. The van der Waals surface area contributed by atoms with Crippen LogP contribution in [-0.4, -0.2) is 24.6 Å². The normalized spacial score (nSPS) is 16.7. The van der Waals surface area contributed by atoms with E-state index in [-0.39, 0.29) is 12.5 Å². The van der Waals surface area contributed by atoms with Crippen molar-refractivity contribution < 1.29 is 14.3 Å². The second kappa shape index (κ2) is 6.30. The van der Waals surface area contributed by atoms with E-state index < -0.39 is 12.1 Å². The number of nitrogens with one attached hydrogen (secondary N) is 1. The number of carbonyl (C=O) groups is 2. The molecule has 1 aliphatic rings. The van der Waals surface area contributed by atoms with Crippen molar-refractivity contribution >= 4 is 17.7 Å². The maximum atomic E-state index is 12.7. The van der Waals surface area contributed by atoms with Crippen LogP contribution in [0.1, 0.15) is 5.56 Å². The molecule has 1 saturated heterocycles. The third kappa shape index (κ3) is 3.09. The molecule has 5 heteroatoms. The Morgan fingerprint density at radius 3 is 2.32 bits per heavy atom. The molecule has 0 radical (unpaired) electrons. The first-order valence-electron chi connectivity index (χ1n) is 7.08. The molecule has 2 aromatic carbocycles. The molecule has 5 nitrogen and oxygen atoms in total. The SMILES string of the molecule is O=C1NC(C(=O)N(Cc2ccccc2)c2ccccc2)CO1. The van der Waals surface area contributed by atoms with Crippen LogP contribution in [-0.2, 0) is 16.1 Å². The second-order valence-electron chi connectivity index (χ2n) is 5.04. The van der Waals surface area contributed by atoms with Crippen LogP contribution in [0.15, 0.2) is 60.7 Å². The molecular weight excluding hydrogens is 280 g/mol. The minimum atomic E-state index is -0.642. The lowest BCUT2D eigenvalue weighted by Gasteiger charge is -2.25. The van der Waals surface area contributed by atoms with Crippen molar-refractivity contribution in [2.75, 3.05) is 11.5 Å². The van der Waals surface area contributed by atoms with E-state index in [0.717, 1.165) is 11.3 Å². The number of carbonyl (C=O) groups excluding carboxylic acids is 2. The Balaban J connectivity index is 1.86.